The molecular formula is C14H14ClNO2. The van der Waals surface area contributed by atoms with Crippen LogP contribution in [0.25, 0.3) is 10.9 Å². The normalized spacial score (nSPS) is 23.7. The largest absolute Gasteiger partial charge is 0.367 e. The Labute approximate surface area is 110 Å². The third-order valence-electron chi connectivity index (χ3n) is 3.60. The van der Waals surface area contributed by atoms with Crippen molar-refractivity contribution in [3.8, 4) is 0 Å². The Hall–Kier alpha value is -1.32. The van der Waals surface area contributed by atoms with Crippen LogP contribution in [0, 0.1) is 0 Å². The molecule has 1 atom stereocenters. The highest BCUT2D eigenvalue weighted by Crippen LogP contribution is 2.34. The summed E-state index contributed by atoms with van der Waals surface area (Å²) in [6.07, 6.45) is 3.42. The maximum Gasteiger partial charge on any atom is 0.196 e. The summed E-state index contributed by atoms with van der Waals surface area (Å²) in [5.74, 6) is 0.0133. The van der Waals surface area contributed by atoms with E-state index >= 15 is 0 Å². The predicted octanol–water partition coefficient (Wildman–Crippen LogP) is 3.57. The topological polar surface area (TPSA) is 42.1 Å². The number of carbonyl (C=O) groups excluding carboxylic acids is 1. The maximum atomic E-state index is 12.6. The second-order valence-electron chi connectivity index (χ2n) is 4.88. The number of ketones is 1. The summed E-state index contributed by atoms with van der Waals surface area (Å²) < 4.78 is 5.61. The molecule has 1 aromatic heterocycles. The van der Waals surface area contributed by atoms with Gasteiger partial charge in [0, 0.05) is 29.3 Å². The fraction of sp³-hybridized carbons (Fsp3) is 0.357. The Morgan fingerprint density at radius 2 is 2.33 bits per heavy atom. The van der Waals surface area contributed by atoms with Crippen LogP contribution in [0.15, 0.2) is 24.4 Å². The molecule has 1 fully saturated rings. The second kappa shape index (κ2) is 4.11. The van der Waals surface area contributed by atoms with E-state index in [1.165, 1.54) is 0 Å². The molecule has 94 valence electrons. The van der Waals surface area contributed by atoms with E-state index in [2.05, 4.69) is 4.98 Å². The Balaban J connectivity index is 2.12. The molecule has 1 unspecified atom stereocenters. The molecule has 1 aliphatic rings. The van der Waals surface area contributed by atoms with Gasteiger partial charge in [-0.3, -0.25) is 4.79 Å². The number of hydrogen-bond acceptors (Lipinski definition) is 2. The van der Waals surface area contributed by atoms with E-state index in [4.69, 9.17) is 16.3 Å². The van der Waals surface area contributed by atoms with Gasteiger partial charge in [0.05, 0.1) is 5.02 Å². The van der Waals surface area contributed by atoms with Gasteiger partial charge in [-0.1, -0.05) is 17.7 Å². The molecule has 2 aromatic rings. The molecule has 0 amide bonds. The van der Waals surface area contributed by atoms with Crippen LogP contribution in [0.4, 0.5) is 0 Å². The minimum absolute atomic E-state index is 0.0133. The molecule has 18 heavy (non-hydrogen) atoms. The zero-order valence-electron chi connectivity index (χ0n) is 10.1. The van der Waals surface area contributed by atoms with Crippen molar-refractivity contribution < 1.29 is 9.53 Å². The Morgan fingerprint density at radius 1 is 1.50 bits per heavy atom. The monoisotopic (exact) mass is 263 g/mol. The van der Waals surface area contributed by atoms with Crippen molar-refractivity contribution in [3.05, 3.63) is 35.0 Å². The third kappa shape index (κ3) is 1.66. The van der Waals surface area contributed by atoms with Crippen molar-refractivity contribution in [1.82, 2.24) is 4.98 Å². The van der Waals surface area contributed by atoms with E-state index in [-0.39, 0.29) is 5.78 Å². The van der Waals surface area contributed by atoms with Crippen LogP contribution >= 0.6 is 11.6 Å². The maximum absolute atomic E-state index is 12.6. The van der Waals surface area contributed by atoms with E-state index in [1.807, 2.05) is 19.1 Å². The standard InChI is InChI=1S/C14H14ClNO2/c1-14(6-3-7-18-14)13(17)9-8-16-11-5-2-4-10(15)12(9)11/h2,4-5,8,16H,3,6-7H2,1H3. The molecular weight excluding hydrogens is 250 g/mol. The van der Waals surface area contributed by atoms with Gasteiger partial charge in [-0.15, -0.1) is 0 Å². The van der Waals surface area contributed by atoms with Crippen molar-refractivity contribution in [1.29, 1.82) is 0 Å². The molecule has 4 heteroatoms. The van der Waals surface area contributed by atoms with Crippen molar-refractivity contribution in [2.45, 2.75) is 25.4 Å². The zero-order chi connectivity index (χ0) is 12.8. The van der Waals surface area contributed by atoms with Crippen LogP contribution in [-0.4, -0.2) is 23.0 Å². The summed E-state index contributed by atoms with van der Waals surface area (Å²) in [4.78, 5) is 15.7. The Kier molecular flexibility index (Phi) is 2.68. The fourth-order valence-corrected chi connectivity index (χ4v) is 2.84. The lowest BCUT2D eigenvalue weighted by molar-refractivity contribution is 0.0215. The lowest BCUT2D eigenvalue weighted by Gasteiger charge is -2.20. The average molecular weight is 264 g/mol. The highest BCUT2D eigenvalue weighted by atomic mass is 35.5. The van der Waals surface area contributed by atoms with E-state index in [1.54, 1.807) is 12.3 Å². The average Bonchev–Trinajstić information content (AvgIpc) is 2.96. The van der Waals surface area contributed by atoms with E-state index in [9.17, 15) is 4.79 Å². The van der Waals surface area contributed by atoms with Crippen molar-refractivity contribution in [3.63, 3.8) is 0 Å². The van der Waals surface area contributed by atoms with Gasteiger partial charge >= 0.3 is 0 Å². The van der Waals surface area contributed by atoms with Crippen LogP contribution in [0.1, 0.15) is 30.1 Å². The summed E-state index contributed by atoms with van der Waals surface area (Å²) >= 11 is 6.19. The number of H-pyrrole nitrogens is 1. The summed E-state index contributed by atoms with van der Waals surface area (Å²) in [6.45, 7) is 2.51. The number of ether oxygens (including phenoxy) is 1. The second-order valence-corrected chi connectivity index (χ2v) is 5.28. The number of aromatic amines is 1. The van der Waals surface area contributed by atoms with Crippen LogP contribution in [0.2, 0.25) is 5.02 Å². The number of benzene rings is 1. The van der Waals surface area contributed by atoms with Gasteiger partial charge in [-0.05, 0) is 31.9 Å². The molecule has 0 saturated carbocycles. The third-order valence-corrected chi connectivity index (χ3v) is 3.91. The summed E-state index contributed by atoms with van der Waals surface area (Å²) in [7, 11) is 0. The van der Waals surface area contributed by atoms with Gasteiger partial charge in [0.2, 0.25) is 0 Å². The quantitative estimate of drug-likeness (QED) is 0.842. The minimum Gasteiger partial charge on any atom is -0.367 e. The summed E-state index contributed by atoms with van der Waals surface area (Å²) in [5.41, 5.74) is 0.807. The molecule has 0 radical (unpaired) electrons. The van der Waals surface area contributed by atoms with E-state index < -0.39 is 5.60 Å². The van der Waals surface area contributed by atoms with Gasteiger partial charge in [-0.25, -0.2) is 0 Å². The lowest BCUT2D eigenvalue weighted by atomic mass is 9.92. The number of nitrogens with one attached hydrogen (secondary N) is 1. The number of aromatic nitrogens is 1. The molecule has 1 aliphatic heterocycles. The van der Waals surface area contributed by atoms with Crippen LogP contribution < -0.4 is 0 Å². The lowest BCUT2D eigenvalue weighted by Crippen LogP contribution is -2.34. The highest BCUT2D eigenvalue weighted by Gasteiger charge is 2.39. The highest BCUT2D eigenvalue weighted by molar-refractivity contribution is 6.37. The zero-order valence-corrected chi connectivity index (χ0v) is 10.9. The Bertz CT molecular complexity index is 611. The minimum atomic E-state index is -0.700. The van der Waals surface area contributed by atoms with Crippen molar-refractivity contribution in [2.75, 3.05) is 6.61 Å². The Morgan fingerprint density at radius 3 is 3.06 bits per heavy atom. The molecule has 0 aliphatic carbocycles. The van der Waals surface area contributed by atoms with E-state index in [0.29, 0.717) is 17.2 Å². The molecule has 1 N–H and O–H groups in total. The first-order chi connectivity index (χ1) is 8.62. The van der Waals surface area contributed by atoms with Crippen molar-refractivity contribution in [2.24, 2.45) is 0 Å². The van der Waals surface area contributed by atoms with Gasteiger partial charge in [0.25, 0.3) is 0 Å². The molecule has 0 spiro atoms. The molecule has 3 rings (SSSR count). The van der Waals surface area contributed by atoms with E-state index in [0.717, 1.165) is 23.7 Å². The van der Waals surface area contributed by atoms with Gasteiger partial charge in [0.15, 0.2) is 5.78 Å². The van der Waals surface area contributed by atoms with Crippen molar-refractivity contribution >= 4 is 28.3 Å². The molecule has 3 nitrogen and oxygen atoms in total. The van der Waals surface area contributed by atoms with Gasteiger partial charge < -0.3 is 9.72 Å². The number of rotatable bonds is 2. The van der Waals surface area contributed by atoms with Gasteiger partial charge in [0.1, 0.15) is 5.60 Å². The van der Waals surface area contributed by atoms with Crippen LogP contribution in [-0.2, 0) is 4.74 Å². The molecule has 2 heterocycles. The summed E-state index contributed by atoms with van der Waals surface area (Å²) in [6, 6.07) is 5.57. The van der Waals surface area contributed by atoms with Crippen LogP contribution in [0.5, 0.6) is 0 Å². The predicted molar refractivity (Wildman–Crippen MR) is 71.2 cm³/mol. The number of carbonyl (C=O) groups is 1. The number of halogens is 1. The number of fused-ring (bicyclic) bond motifs is 1. The SMILES string of the molecule is CC1(C(=O)c2c[nH]c3cccc(Cl)c23)CCCO1. The molecule has 0 bridgehead atoms. The molecule has 1 saturated heterocycles. The summed E-state index contributed by atoms with van der Waals surface area (Å²) in [5, 5.41) is 1.39. The fourth-order valence-electron chi connectivity index (χ4n) is 2.56. The first-order valence-electron chi connectivity index (χ1n) is 6.06. The number of Topliss-reactive ketones (excluding diaryl/α,β-unsaturated/α-hetero) is 1. The van der Waals surface area contributed by atoms with Crippen LogP contribution in [0.3, 0.4) is 0 Å². The smallest absolute Gasteiger partial charge is 0.196 e. The molecule has 1 aromatic carbocycles. The van der Waals surface area contributed by atoms with Gasteiger partial charge in [-0.2, -0.15) is 0 Å². The number of hydrogen-bond donors (Lipinski definition) is 1. The first-order valence-corrected chi connectivity index (χ1v) is 6.44. The first kappa shape index (κ1) is 11.8.